The summed E-state index contributed by atoms with van der Waals surface area (Å²) in [4.78, 5) is 12.3. The Morgan fingerprint density at radius 2 is 1.94 bits per heavy atom. The molecule has 0 bridgehead atoms. The number of methoxy groups -OCH3 is 2. The maximum Gasteiger partial charge on any atom is 0.230 e. The lowest BCUT2D eigenvalue weighted by Gasteiger charge is -2.12. The molecular weight excluding hydrogens is 412 g/mol. The Kier molecular flexibility index (Phi) is 7.72. The van der Waals surface area contributed by atoms with Gasteiger partial charge in [0.15, 0.2) is 11.0 Å². The van der Waals surface area contributed by atoms with Gasteiger partial charge in [0.25, 0.3) is 0 Å². The zero-order valence-corrected chi connectivity index (χ0v) is 18.7. The van der Waals surface area contributed by atoms with Crippen LogP contribution < -0.4 is 14.8 Å². The highest BCUT2D eigenvalue weighted by atomic mass is 32.2. The van der Waals surface area contributed by atoms with E-state index >= 15 is 0 Å². The molecule has 0 unspecified atom stereocenters. The quantitative estimate of drug-likeness (QED) is 0.383. The molecule has 31 heavy (non-hydrogen) atoms. The second-order valence-corrected chi connectivity index (χ2v) is 7.77. The first-order valence-electron chi connectivity index (χ1n) is 9.77. The number of carbonyl (C=O) groups excluding carboxylic acids is 1. The zero-order chi connectivity index (χ0) is 22.2. The van der Waals surface area contributed by atoms with E-state index in [9.17, 15) is 4.79 Å². The molecule has 3 rings (SSSR count). The molecule has 1 aromatic heterocycles. The summed E-state index contributed by atoms with van der Waals surface area (Å²) in [6.07, 6.45) is 1.77. The summed E-state index contributed by atoms with van der Waals surface area (Å²) in [6.45, 7) is 6.86. The van der Waals surface area contributed by atoms with Crippen LogP contribution in [0.25, 0.3) is 11.4 Å². The van der Waals surface area contributed by atoms with Gasteiger partial charge in [0.2, 0.25) is 5.91 Å². The Morgan fingerprint density at radius 1 is 1.16 bits per heavy atom. The molecule has 7 nitrogen and oxygen atoms in total. The number of benzene rings is 2. The lowest BCUT2D eigenvalue weighted by atomic mass is 10.1. The monoisotopic (exact) mass is 438 g/mol. The summed E-state index contributed by atoms with van der Waals surface area (Å²) in [5, 5.41) is 12.2. The van der Waals surface area contributed by atoms with Gasteiger partial charge in [-0.25, -0.2) is 0 Å². The molecular formula is C23H26N4O3S. The zero-order valence-electron chi connectivity index (χ0n) is 17.9. The Bertz CT molecular complexity index is 1050. The van der Waals surface area contributed by atoms with Crippen LogP contribution in [-0.2, 0) is 17.9 Å². The van der Waals surface area contributed by atoms with Crippen LogP contribution in [0.1, 0.15) is 11.1 Å². The Balaban J connectivity index is 1.71. The van der Waals surface area contributed by atoms with Crippen LogP contribution in [0.4, 0.5) is 0 Å². The van der Waals surface area contributed by atoms with Crippen molar-refractivity contribution in [1.82, 2.24) is 20.1 Å². The predicted octanol–water partition coefficient (Wildman–Crippen LogP) is 3.87. The Morgan fingerprint density at radius 3 is 2.61 bits per heavy atom. The Labute approximate surface area is 186 Å². The minimum Gasteiger partial charge on any atom is -0.497 e. The third kappa shape index (κ3) is 5.67. The second-order valence-electron chi connectivity index (χ2n) is 6.82. The van der Waals surface area contributed by atoms with Crippen LogP contribution in [0.5, 0.6) is 11.5 Å². The van der Waals surface area contributed by atoms with Gasteiger partial charge < -0.3 is 14.8 Å². The van der Waals surface area contributed by atoms with Crippen molar-refractivity contribution in [3.05, 3.63) is 66.2 Å². The molecule has 1 N–H and O–H groups in total. The third-order valence-corrected chi connectivity index (χ3v) is 5.59. The molecule has 162 valence electrons. The summed E-state index contributed by atoms with van der Waals surface area (Å²) in [5.74, 6) is 2.13. The van der Waals surface area contributed by atoms with Crippen LogP contribution >= 0.6 is 11.8 Å². The normalized spacial score (nSPS) is 10.5. The average molecular weight is 439 g/mol. The number of aromatic nitrogens is 3. The van der Waals surface area contributed by atoms with Gasteiger partial charge >= 0.3 is 0 Å². The highest BCUT2D eigenvalue weighted by Gasteiger charge is 2.18. The number of amides is 1. The molecule has 0 saturated carbocycles. The molecule has 0 spiro atoms. The maximum absolute atomic E-state index is 12.3. The molecule has 1 heterocycles. The summed E-state index contributed by atoms with van der Waals surface area (Å²) >= 11 is 1.33. The minimum atomic E-state index is -0.0673. The van der Waals surface area contributed by atoms with Gasteiger partial charge in [0.05, 0.1) is 25.5 Å². The largest absolute Gasteiger partial charge is 0.497 e. The summed E-state index contributed by atoms with van der Waals surface area (Å²) < 4.78 is 12.7. The van der Waals surface area contributed by atoms with Crippen LogP contribution in [-0.4, -0.2) is 40.6 Å². The van der Waals surface area contributed by atoms with Gasteiger partial charge in [-0.2, -0.15) is 0 Å². The number of rotatable bonds is 10. The average Bonchev–Trinajstić information content (AvgIpc) is 3.19. The highest BCUT2D eigenvalue weighted by Crippen LogP contribution is 2.34. The highest BCUT2D eigenvalue weighted by molar-refractivity contribution is 7.99. The van der Waals surface area contributed by atoms with Crippen molar-refractivity contribution < 1.29 is 14.3 Å². The van der Waals surface area contributed by atoms with Gasteiger partial charge in [-0.3, -0.25) is 9.36 Å². The van der Waals surface area contributed by atoms with Crippen LogP contribution in [0.15, 0.2) is 60.3 Å². The van der Waals surface area contributed by atoms with E-state index in [4.69, 9.17) is 9.47 Å². The van der Waals surface area contributed by atoms with E-state index in [1.807, 2.05) is 47.9 Å². The van der Waals surface area contributed by atoms with Crippen molar-refractivity contribution in [1.29, 1.82) is 0 Å². The number of carbonyl (C=O) groups is 1. The van der Waals surface area contributed by atoms with E-state index in [-0.39, 0.29) is 11.7 Å². The summed E-state index contributed by atoms with van der Waals surface area (Å²) in [7, 11) is 3.20. The predicted molar refractivity (Wildman–Crippen MR) is 123 cm³/mol. The van der Waals surface area contributed by atoms with Crippen molar-refractivity contribution in [2.75, 3.05) is 20.0 Å². The molecule has 1 amide bonds. The molecule has 2 aromatic carbocycles. The van der Waals surface area contributed by atoms with Crippen molar-refractivity contribution in [3.8, 4) is 22.9 Å². The molecule has 0 fully saturated rings. The smallest absolute Gasteiger partial charge is 0.230 e. The number of hydrogen-bond acceptors (Lipinski definition) is 6. The molecule has 0 aliphatic carbocycles. The number of aryl methyl sites for hydroxylation is 1. The standard InChI is InChI=1S/C23H26N4O3S/c1-5-12-27-22(19-11-10-18(29-3)13-20(19)30-4)25-26-23(27)31-15-21(28)24-14-17-8-6-16(2)7-9-17/h5-11,13H,1,12,14-15H2,2-4H3,(H,24,28). The Hall–Kier alpha value is -3.26. The van der Waals surface area contributed by atoms with E-state index in [0.29, 0.717) is 35.6 Å². The third-order valence-electron chi connectivity index (χ3n) is 4.62. The molecule has 0 aliphatic heterocycles. The van der Waals surface area contributed by atoms with Crippen molar-refractivity contribution in [2.45, 2.75) is 25.2 Å². The van der Waals surface area contributed by atoms with E-state index in [0.717, 1.165) is 11.1 Å². The number of allylic oxidation sites excluding steroid dienone is 1. The molecule has 0 aliphatic rings. The van der Waals surface area contributed by atoms with Gasteiger partial charge in [0, 0.05) is 19.2 Å². The van der Waals surface area contributed by atoms with Crippen molar-refractivity contribution in [3.63, 3.8) is 0 Å². The first kappa shape index (κ1) is 22.4. The lowest BCUT2D eigenvalue weighted by Crippen LogP contribution is -2.24. The summed E-state index contributed by atoms with van der Waals surface area (Å²) in [6, 6.07) is 13.6. The van der Waals surface area contributed by atoms with Gasteiger partial charge in [-0.05, 0) is 24.6 Å². The topological polar surface area (TPSA) is 78.3 Å². The molecule has 0 radical (unpaired) electrons. The molecule has 8 heteroatoms. The number of hydrogen-bond donors (Lipinski definition) is 1. The summed E-state index contributed by atoms with van der Waals surface area (Å²) in [5.41, 5.74) is 3.04. The first-order chi connectivity index (χ1) is 15.0. The van der Waals surface area contributed by atoms with Crippen molar-refractivity contribution in [2.24, 2.45) is 0 Å². The van der Waals surface area contributed by atoms with Gasteiger partial charge in [0.1, 0.15) is 11.5 Å². The number of ether oxygens (including phenoxy) is 2. The van der Waals surface area contributed by atoms with Gasteiger partial charge in [-0.15, -0.1) is 16.8 Å². The number of thioether (sulfide) groups is 1. The molecule has 3 aromatic rings. The van der Waals surface area contributed by atoms with E-state index in [2.05, 4.69) is 22.1 Å². The van der Waals surface area contributed by atoms with Gasteiger partial charge in [-0.1, -0.05) is 47.7 Å². The minimum absolute atomic E-state index is 0.0673. The van der Waals surface area contributed by atoms with Crippen molar-refractivity contribution >= 4 is 17.7 Å². The fourth-order valence-electron chi connectivity index (χ4n) is 2.96. The SMILES string of the molecule is C=CCn1c(SCC(=O)NCc2ccc(C)cc2)nnc1-c1ccc(OC)cc1OC. The van der Waals surface area contributed by atoms with E-state index < -0.39 is 0 Å². The van der Waals surface area contributed by atoms with Crippen LogP contribution in [0.3, 0.4) is 0 Å². The number of nitrogens with one attached hydrogen (secondary N) is 1. The van der Waals surface area contributed by atoms with Crippen LogP contribution in [0.2, 0.25) is 0 Å². The van der Waals surface area contributed by atoms with E-state index in [1.165, 1.54) is 17.3 Å². The second kappa shape index (κ2) is 10.7. The fraction of sp³-hybridized carbons (Fsp3) is 0.261. The lowest BCUT2D eigenvalue weighted by molar-refractivity contribution is -0.118. The maximum atomic E-state index is 12.3. The van der Waals surface area contributed by atoms with E-state index in [1.54, 1.807) is 26.4 Å². The number of nitrogens with zero attached hydrogens (tertiary/aromatic N) is 3. The first-order valence-corrected chi connectivity index (χ1v) is 10.8. The van der Waals surface area contributed by atoms with Crippen LogP contribution in [0, 0.1) is 6.92 Å². The molecule has 0 saturated heterocycles. The molecule has 0 atom stereocenters. The fourth-order valence-corrected chi connectivity index (χ4v) is 3.74.